The Morgan fingerprint density at radius 2 is 1.66 bits per heavy atom. The van der Waals surface area contributed by atoms with Gasteiger partial charge in [0, 0.05) is 29.7 Å². The van der Waals surface area contributed by atoms with Crippen molar-refractivity contribution in [1.82, 2.24) is 9.97 Å². The van der Waals surface area contributed by atoms with Crippen LogP contribution in [0.3, 0.4) is 0 Å². The largest absolute Gasteiger partial charge is 0.385 e. The van der Waals surface area contributed by atoms with Gasteiger partial charge >= 0.3 is 0 Å². The molecule has 4 rings (SSSR count). The SMILES string of the molecule is Cc1ccc(-c2nc(NCCCCNc3ccc(C#N)cc3)c3ccccc3n2)c(Cl)c1. The second-order valence-electron chi connectivity index (χ2n) is 7.65. The molecule has 0 aliphatic heterocycles. The third-order valence-corrected chi connectivity index (χ3v) is 5.52. The quantitative estimate of drug-likeness (QED) is 0.308. The Morgan fingerprint density at radius 1 is 0.906 bits per heavy atom. The number of nitriles is 1. The van der Waals surface area contributed by atoms with Crippen LogP contribution in [0.15, 0.2) is 66.7 Å². The smallest absolute Gasteiger partial charge is 0.163 e. The number of hydrogen-bond donors (Lipinski definition) is 2. The van der Waals surface area contributed by atoms with Crippen LogP contribution in [0.2, 0.25) is 5.02 Å². The number of unbranched alkanes of at least 4 members (excludes halogenated alkanes) is 1. The number of fused-ring (bicyclic) bond motifs is 1. The molecule has 0 amide bonds. The minimum absolute atomic E-state index is 0.624. The Labute approximate surface area is 193 Å². The number of aryl methyl sites for hydroxylation is 1. The van der Waals surface area contributed by atoms with Gasteiger partial charge in [0.15, 0.2) is 5.82 Å². The molecule has 0 saturated carbocycles. The molecule has 0 fully saturated rings. The number of nitrogens with zero attached hydrogens (tertiary/aromatic N) is 3. The van der Waals surface area contributed by atoms with Crippen LogP contribution in [0.25, 0.3) is 22.3 Å². The highest BCUT2D eigenvalue weighted by molar-refractivity contribution is 6.33. The Kier molecular flexibility index (Phi) is 6.84. The molecule has 0 unspecified atom stereocenters. The fraction of sp³-hybridized carbons (Fsp3) is 0.192. The van der Waals surface area contributed by atoms with Crippen molar-refractivity contribution < 1.29 is 0 Å². The summed E-state index contributed by atoms with van der Waals surface area (Å²) in [7, 11) is 0. The van der Waals surface area contributed by atoms with Gasteiger partial charge in [-0.3, -0.25) is 0 Å². The van der Waals surface area contributed by atoms with Gasteiger partial charge in [-0.1, -0.05) is 29.8 Å². The van der Waals surface area contributed by atoms with E-state index < -0.39 is 0 Å². The zero-order valence-corrected chi connectivity index (χ0v) is 18.7. The first-order valence-electron chi connectivity index (χ1n) is 10.7. The van der Waals surface area contributed by atoms with E-state index in [0.717, 1.165) is 59.5 Å². The molecule has 0 aliphatic rings. The predicted molar refractivity (Wildman–Crippen MR) is 132 cm³/mol. The van der Waals surface area contributed by atoms with Crippen molar-refractivity contribution in [1.29, 1.82) is 5.26 Å². The van der Waals surface area contributed by atoms with E-state index in [1.54, 1.807) is 0 Å². The zero-order chi connectivity index (χ0) is 22.3. The van der Waals surface area contributed by atoms with Gasteiger partial charge in [0.1, 0.15) is 5.82 Å². The molecular formula is C26H24ClN5. The molecule has 1 heterocycles. The van der Waals surface area contributed by atoms with Gasteiger partial charge in [0.25, 0.3) is 0 Å². The highest BCUT2D eigenvalue weighted by Gasteiger charge is 2.12. The van der Waals surface area contributed by atoms with E-state index in [-0.39, 0.29) is 0 Å². The molecule has 0 radical (unpaired) electrons. The lowest BCUT2D eigenvalue weighted by Gasteiger charge is -2.12. The van der Waals surface area contributed by atoms with E-state index in [2.05, 4.69) is 16.7 Å². The summed E-state index contributed by atoms with van der Waals surface area (Å²) in [5.74, 6) is 1.45. The van der Waals surface area contributed by atoms with Crippen LogP contribution in [0.4, 0.5) is 11.5 Å². The van der Waals surface area contributed by atoms with Crippen LogP contribution in [0.5, 0.6) is 0 Å². The lowest BCUT2D eigenvalue weighted by molar-refractivity contribution is 0.794. The molecule has 0 saturated heterocycles. The van der Waals surface area contributed by atoms with Crippen molar-refractivity contribution in [3.8, 4) is 17.5 Å². The van der Waals surface area contributed by atoms with Gasteiger partial charge in [0.2, 0.25) is 0 Å². The van der Waals surface area contributed by atoms with Crippen LogP contribution >= 0.6 is 11.6 Å². The number of halogens is 1. The van der Waals surface area contributed by atoms with Crippen molar-refractivity contribution >= 4 is 34.0 Å². The first-order valence-corrected chi connectivity index (χ1v) is 11.0. The lowest BCUT2D eigenvalue weighted by Crippen LogP contribution is -2.08. The zero-order valence-electron chi connectivity index (χ0n) is 17.9. The number of anilines is 2. The number of para-hydroxylation sites is 1. The van der Waals surface area contributed by atoms with Crippen LogP contribution < -0.4 is 10.6 Å². The number of hydrogen-bond acceptors (Lipinski definition) is 5. The number of aromatic nitrogens is 2. The summed E-state index contributed by atoms with van der Waals surface area (Å²) in [5, 5.41) is 17.4. The van der Waals surface area contributed by atoms with Crippen molar-refractivity contribution in [2.75, 3.05) is 23.7 Å². The van der Waals surface area contributed by atoms with Gasteiger partial charge in [-0.2, -0.15) is 5.26 Å². The van der Waals surface area contributed by atoms with E-state index in [1.807, 2.05) is 73.7 Å². The summed E-state index contributed by atoms with van der Waals surface area (Å²) in [6.07, 6.45) is 1.99. The standard InChI is InChI=1S/C26H24ClN5/c1-18-8-13-21(23(27)16-18)26-31-24-7-3-2-6-22(24)25(32-26)30-15-5-4-14-29-20-11-9-19(17-28)10-12-20/h2-3,6-13,16,29H,4-5,14-15H2,1H3,(H,30,31,32). The normalized spacial score (nSPS) is 10.7. The molecule has 6 heteroatoms. The molecule has 32 heavy (non-hydrogen) atoms. The highest BCUT2D eigenvalue weighted by atomic mass is 35.5. The predicted octanol–water partition coefficient (Wildman–Crippen LogP) is 6.43. The molecule has 4 aromatic rings. The second kappa shape index (κ2) is 10.1. The molecule has 2 N–H and O–H groups in total. The fourth-order valence-corrected chi connectivity index (χ4v) is 3.81. The molecule has 160 valence electrons. The van der Waals surface area contributed by atoms with Crippen LogP contribution in [-0.4, -0.2) is 23.1 Å². The maximum Gasteiger partial charge on any atom is 0.163 e. The molecule has 1 aromatic heterocycles. The van der Waals surface area contributed by atoms with Crippen LogP contribution in [0, 0.1) is 18.3 Å². The topological polar surface area (TPSA) is 73.6 Å². The van der Waals surface area contributed by atoms with Crippen LogP contribution in [0.1, 0.15) is 24.0 Å². The molecule has 0 spiro atoms. The van der Waals surface area contributed by atoms with Gasteiger partial charge < -0.3 is 10.6 Å². The minimum Gasteiger partial charge on any atom is -0.385 e. The van der Waals surface area contributed by atoms with Gasteiger partial charge in [-0.05, 0) is 73.9 Å². The summed E-state index contributed by atoms with van der Waals surface area (Å²) in [5.41, 5.74) is 4.52. The number of nitrogens with one attached hydrogen (secondary N) is 2. The van der Waals surface area contributed by atoms with Gasteiger partial charge in [-0.25, -0.2) is 9.97 Å². The molecule has 0 bridgehead atoms. The average Bonchev–Trinajstić information content (AvgIpc) is 2.81. The summed E-state index contributed by atoms with van der Waals surface area (Å²) in [4.78, 5) is 9.53. The Bertz CT molecular complexity index is 1260. The third-order valence-electron chi connectivity index (χ3n) is 5.21. The maximum absolute atomic E-state index is 8.88. The van der Waals surface area contributed by atoms with E-state index >= 15 is 0 Å². The Hall–Kier alpha value is -3.62. The number of benzene rings is 3. The first-order chi connectivity index (χ1) is 15.6. The highest BCUT2D eigenvalue weighted by Crippen LogP contribution is 2.30. The maximum atomic E-state index is 8.88. The summed E-state index contributed by atoms with van der Waals surface area (Å²) < 4.78 is 0. The molecule has 3 aromatic carbocycles. The van der Waals surface area contributed by atoms with Crippen LogP contribution in [-0.2, 0) is 0 Å². The van der Waals surface area contributed by atoms with E-state index in [9.17, 15) is 0 Å². The molecule has 5 nitrogen and oxygen atoms in total. The number of rotatable bonds is 8. The summed E-state index contributed by atoms with van der Waals surface area (Å²) in [6, 6.07) is 23.6. The Morgan fingerprint density at radius 3 is 2.41 bits per heavy atom. The van der Waals surface area contributed by atoms with Gasteiger partial charge in [0.05, 0.1) is 22.2 Å². The fourth-order valence-electron chi connectivity index (χ4n) is 3.49. The summed E-state index contributed by atoms with van der Waals surface area (Å²) in [6.45, 7) is 3.68. The lowest BCUT2D eigenvalue weighted by atomic mass is 10.1. The summed E-state index contributed by atoms with van der Waals surface area (Å²) >= 11 is 6.47. The monoisotopic (exact) mass is 441 g/mol. The first kappa shape index (κ1) is 21.6. The van der Waals surface area contributed by atoms with E-state index in [1.165, 1.54) is 0 Å². The van der Waals surface area contributed by atoms with Crippen molar-refractivity contribution in [3.63, 3.8) is 0 Å². The van der Waals surface area contributed by atoms with Gasteiger partial charge in [-0.15, -0.1) is 0 Å². The second-order valence-corrected chi connectivity index (χ2v) is 8.05. The third kappa shape index (κ3) is 5.16. The van der Waals surface area contributed by atoms with E-state index in [4.69, 9.17) is 26.8 Å². The van der Waals surface area contributed by atoms with Crippen molar-refractivity contribution in [2.24, 2.45) is 0 Å². The molecular weight excluding hydrogens is 418 g/mol. The minimum atomic E-state index is 0.624. The Balaban J connectivity index is 1.40. The van der Waals surface area contributed by atoms with Crippen molar-refractivity contribution in [3.05, 3.63) is 82.9 Å². The molecule has 0 atom stereocenters. The van der Waals surface area contributed by atoms with Crippen molar-refractivity contribution in [2.45, 2.75) is 19.8 Å². The molecule has 0 aliphatic carbocycles. The van der Waals surface area contributed by atoms with E-state index in [0.29, 0.717) is 16.4 Å². The average molecular weight is 442 g/mol.